The average Bonchev–Trinajstić information content (AvgIpc) is 2.21. The van der Waals surface area contributed by atoms with Crippen LogP contribution in [0.15, 0.2) is 12.3 Å². The standard InChI is InChI=1S/C10H11NO5/c1-2-16-8(12)5-7-9(13)6(10(14)15)3-4-11-7/h3-4,13H,2,5H2,1H3,(H,14,15). The molecule has 0 radical (unpaired) electrons. The summed E-state index contributed by atoms with van der Waals surface area (Å²) in [7, 11) is 0. The quantitative estimate of drug-likeness (QED) is 0.728. The summed E-state index contributed by atoms with van der Waals surface area (Å²) in [5, 5.41) is 18.2. The third-order valence-electron chi connectivity index (χ3n) is 1.85. The molecule has 0 aliphatic carbocycles. The minimum absolute atomic E-state index is 0.00153. The van der Waals surface area contributed by atoms with E-state index in [1.54, 1.807) is 6.92 Å². The number of aromatic hydroxyl groups is 1. The summed E-state index contributed by atoms with van der Waals surface area (Å²) in [6, 6.07) is 1.16. The first kappa shape index (κ1) is 12.0. The highest BCUT2D eigenvalue weighted by atomic mass is 16.5. The summed E-state index contributed by atoms with van der Waals surface area (Å²) in [4.78, 5) is 25.5. The third-order valence-corrected chi connectivity index (χ3v) is 1.85. The average molecular weight is 225 g/mol. The number of pyridine rings is 1. The minimum atomic E-state index is -1.27. The van der Waals surface area contributed by atoms with Crippen molar-refractivity contribution in [2.24, 2.45) is 0 Å². The molecule has 0 aromatic carbocycles. The Labute approximate surface area is 91.5 Å². The van der Waals surface area contributed by atoms with Crippen molar-refractivity contribution in [3.63, 3.8) is 0 Å². The Morgan fingerprint density at radius 1 is 1.50 bits per heavy atom. The lowest BCUT2D eigenvalue weighted by Gasteiger charge is -2.05. The molecule has 0 bridgehead atoms. The second-order valence-corrected chi connectivity index (χ2v) is 2.94. The molecule has 0 unspecified atom stereocenters. The van der Waals surface area contributed by atoms with Crippen LogP contribution >= 0.6 is 0 Å². The molecule has 0 aliphatic heterocycles. The molecule has 0 atom stereocenters. The molecule has 0 saturated carbocycles. The first-order valence-corrected chi connectivity index (χ1v) is 4.62. The van der Waals surface area contributed by atoms with E-state index in [9.17, 15) is 14.7 Å². The van der Waals surface area contributed by atoms with E-state index in [4.69, 9.17) is 5.11 Å². The fourth-order valence-electron chi connectivity index (χ4n) is 1.15. The van der Waals surface area contributed by atoms with Crippen molar-refractivity contribution < 1.29 is 24.5 Å². The van der Waals surface area contributed by atoms with Gasteiger partial charge in [0.25, 0.3) is 0 Å². The van der Waals surface area contributed by atoms with E-state index in [0.717, 1.165) is 6.07 Å². The molecule has 0 aliphatic rings. The van der Waals surface area contributed by atoms with Crippen molar-refractivity contribution in [1.29, 1.82) is 0 Å². The molecule has 1 rings (SSSR count). The lowest BCUT2D eigenvalue weighted by molar-refractivity contribution is -0.142. The van der Waals surface area contributed by atoms with Crippen LogP contribution in [0.4, 0.5) is 0 Å². The van der Waals surface area contributed by atoms with Crippen molar-refractivity contribution >= 4 is 11.9 Å². The fraction of sp³-hybridized carbons (Fsp3) is 0.300. The molecule has 0 fully saturated rings. The molecule has 1 heterocycles. The van der Waals surface area contributed by atoms with Gasteiger partial charge in [0.15, 0.2) is 5.75 Å². The van der Waals surface area contributed by atoms with Crippen molar-refractivity contribution in [2.45, 2.75) is 13.3 Å². The van der Waals surface area contributed by atoms with Gasteiger partial charge in [0.1, 0.15) is 5.56 Å². The van der Waals surface area contributed by atoms with Crippen LogP contribution in [-0.2, 0) is 16.0 Å². The maximum Gasteiger partial charge on any atom is 0.339 e. The molecule has 16 heavy (non-hydrogen) atoms. The largest absolute Gasteiger partial charge is 0.505 e. The second-order valence-electron chi connectivity index (χ2n) is 2.94. The monoisotopic (exact) mass is 225 g/mol. The molecule has 0 saturated heterocycles. The van der Waals surface area contributed by atoms with Crippen molar-refractivity contribution in [3.8, 4) is 5.75 Å². The highest BCUT2D eigenvalue weighted by molar-refractivity contribution is 5.91. The Hall–Kier alpha value is -2.11. The van der Waals surface area contributed by atoms with Crippen LogP contribution < -0.4 is 0 Å². The zero-order valence-electron chi connectivity index (χ0n) is 8.64. The summed E-state index contributed by atoms with van der Waals surface area (Å²) in [6.07, 6.45) is 0.971. The maximum atomic E-state index is 11.1. The molecule has 0 amide bonds. The van der Waals surface area contributed by atoms with Gasteiger partial charge < -0.3 is 14.9 Å². The predicted octanol–water partition coefficient (Wildman–Crippen LogP) is 0.591. The molecular weight excluding hydrogens is 214 g/mol. The molecule has 2 N–H and O–H groups in total. The lowest BCUT2D eigenvalue weighted by atomic mass is 10.1. The third kappa shape index (κ3) is 2.69. The number of carboxylic acid groups (broad SMARTS) is 1. The predicted molar refractivity (Wildman–Crippen MR) is 53.2 cm³/mol. The molecule has 6 heteroatoms. The van der Waals surface area contributed by atoms with Crippen molar-refractivity contribution in [2.75, 3.05) is 6.61 Å². The topological polar surface area (TPSA) is 96.7 Å². The van der Waals surface area contributed by atoms with Crippen molar-refractivity contribution in [3.05, 3.63) is 23.5 Å². The summed E-state index contributed by atoms with van der Waals surface area (Å²) < 4.78 is 4.66. The Morgan fingerprint density at radius 2 is 2.19 bits per heavy atom. The van der Waals surface area contributed by atoms with E-state index >= 15 is 0 Å². The van der Waals surface area contributed by atoms with Crippen LogP contribution in [0, 0.1) is 0 Å². The lowest BCUT2D eigenvalue weighted by Crippen LogP contribution is -2.10. The maximum absolute atomic E-state index is 11.1. The molecule has 0 spiro atoms. The van der Waals surface area contributed by atoms with Gasteiger partial charge in [0.05, 0.1) is 18.7 Å². The minimum Gasteiger partial charge on any atom is -0.505 e. The summed E-state index contributed by atoms with van der Waals surface area (Å²) in [5.74, 6) is -2.33. The molecule has 1 aromatic heterocycles. The SMILES string of the molecule is CCOC(=O)Cc1nccc(C(=O)O)c1O. The number of rotatable bonds is 4. The number of hydrogen-bond acceptors (Lipinski definition) is 5. The van der Waals surface area contributed by atoms with Crippen LogP contribution in [0.1, 0.15) is 23.0 Å². The molecule has 1 aromatic rings. The first-order valence-electron chi connectivity index (χ1n) is 4.62. The van der Waals surface area contributed by atoms with Crippen molar-refractivity contribution in [1.82, 2.24) is 4.98 Å². The van der Waals surface area contributed by atoms with E-state index in [1.807, 2.05) is 0 Å². The number of carbonyl (C=O) groups is 2. The normalized spacial score (nSPS) is 9.81. The number of carbonyl (C=O) groups excluding carboxylic acids is 1. The van der Waals surface area contributed by atoms with E-state index in [2.05, 4.69) is 9.72 Å². The van der Waals surface area contributed by atoms with Gasteiger partial charge in [0.2, 0.25) is 0 Å². The Balaban J connectivity index is 2.93. The van der Waals surface area contributed by atoms with Crippen LogP contribution in [-0.4, -0.2) is 33.7 Å². The van der Waals surface area contributed by atoms with Gasteiger partial charge in [-0.2, -0.15) is 0 Å². The Kier molecular flexibility index (Phi) is 3.82. The smallest absolute Gasteiger partial charge is 0.339 e. The highest BCUT2D eigenvalue weighted by Crippen LogP contribution is 2.20. The number of hydrogen-bond donors (Lipinski definition) is 2. The number of ether oxygens (including phenoxy) is 1. The second kappa shape index (κ2) is 5.11. The molecule has 86 valence electrons. The number of carboxylic acids is 1. The summed E-state index contributed by atoms with van der Waals surface area (Å²) in [5.41, 5.74) is -0.285. The van der Waals surface area contributed by atoms with E-state index in [1.165, 1.54) is 6.20 Å². The zero-order valence-corrected chi connectivity index (χ0v) is 8.64. The van der Waals surface area contributed by atoms with E-state index in [0.29, 0.717) is 0 Å². The van der Waals surface area contributed by atoms with E-state index in [-0.39, 0.29) is 24.3 Å². The van der Waals surface area contributed by atoms with Crippen LogP contribution in [0.25, 0.3) is 0 Å². The van der Waals surface area contributed by atoms with Gasteiger partial charge in [-0.15, -0.1) is 0 Å². The number of nitrogens with zero attached hydrogens (tertiary/aromatic N) is 1. The van der Waals surface area contributed by atoms with Crippen LogP contribution in [0.5, 0.6) is 5.75 Å². The van der Waals surface area contributed by atoms with E-state index < -0.39 is 17.7 Å². The van der Waals surface area contributed by atoms with Gasteiger partial charge in [-0.05, 0) is 13.0 Å². The first-order chi connectivity index (χ1) is 7.56. The Morgan fingerprint density at radius 3 is 2.75 bits per heavy atom. The van der Waals surface area contributed by atoms with Gasteiger partial charge in [-0.3, -0.25) is 9.78 Å². The summed E-state index contributed by atoms with van der Waals surface area (Å²) in [6.45, 7) is 1.87. The van der Waals surface area contributed by atoms with Gasteiger partial charge in [0, 0.05) is 6.20 Å². The zero-order chi connectivity index (χ0) is 12.1. The van der Waals surface area contributed by atoms with Crippen LogP contribution in [0.3, 0.4) is 0 Å². The Bertz CT molecular complexity index is 416. The molecular formula is C10H11NO5. The highest BCUT2D eigenvalue weighted by Gasteiger charge is 2.16. The number of aromatic carboxylic acids is 1. The van der Waals surface area contributed by atoms with Crippen LogP contribution in [0.2, 0.25) is 0 Å². The van der Waals surface area contributed by atoms with Gasteiger partial charge in [-0.25, -0.2) is 4.79 Å². The molecule has 6 nitrogen and oxygen atoms in total. The van der Waals surface area contributed by atoms with Gasteiger partial charge >= 0.3 is 11.9 Å². The van der Waals surface area contributed by atoms with Gasteiger partial charge in [-0.1, -0.05) is 0 Å². The fourth-order valence-corrected chi connectivity index (χ4v) is 1.15. The summed E-state index contributed by atoms with van der Waals surface area (Å²) >= 11 is 0. The number of esters is 1. The number of aromatic nitrogens is 1.